The first kappa shape index (κ1) is 25.1. The lowest BCUT2D eigenvalue weighted by Gasteiger charge is -2.32. The minimum absolute atomic E-state index is 0.0128. The highest BCUT2D eigenvalue weighted by molar-refractivity contribution is 5.69. The van der Waals surface area contributed by atoms with Crippen LogP contribution in [0, 0.1) is 6.92 Å². The van der Waals surface area contributed by atoms with Crippen LogP contribution in [-0.2, 0) is 15.9 Å². The fourth-order valence-corrected chi connectivity index (χ4v) is 4.15. The number of hydrogen-bond donors (Lipinski definition) is 1. The zero-order chi connectivity index (χ0) is 24.8. The molecule has 1 N–H and O–H groups in total. The Morgan fingerprint density at radius 2 is 1.91 bits per heavy atom. The average Bonchev–Trinajstić information content (AvgIpc) is 3.65. The Labute approximate surface area is 207 Å². The average molecular weight is 484 g/mol. The Hall–Kier alpha value is -3.00. The van der Waals surface area contributed by atoms with Crippen molar-refractivity contribution in [3.63, 3.8) is 0 Å². The minimum Gasteiger partial charge on any atom is -0.490 e. The van der Waals surface area contributed by atoms with Crippen LogP contribution in [0.5, 0.6) is 11.5 Å². The maximum atomic E-state index is 12.1. The second-order valence-corrected chi connectivity index (χ2v) is 9.52. The van der Waals surface area contributed by atoms with E-state index < -0.39 is 0 Å². The predicted molar refractivity (Wildman–Crippen MR) is 135 cm³/mol. The summed E-state index contributed by atoms with van der Waals surface area (Å²) < 4.78 is 23.1. The van der Waals surface area contributed by atoms with E-state index in [1.54, 1.807) is 18.2 Å². The number of aryl methyl sites for hydroxylation is 1. The number of rotatable bonds is 10. The fourth-order valence-electron chi connectivity index (χ4n) is 4.15. The van der Waals surface area contributed by atoms with Crippen molar-refractivity contribution >= 4 is 17.6 Å². The summed E-state index contributed by atoms with van der Waals surface area (Å²) in [5, 5.41) is 3.40. The van der Waals surface area contributed by atoms with Crippen LogP contribution >= 0.6 is 0 Å². The first-order valence-electron chi connectivity index (χ1n) is 12.6. The number of amides is 1. The minimum atomic E-state index is -0.261. The number of pyridine rings is 1. The number of nitrogens with zero attached hydrogens (tertiary/aromatic N) is 2. The lowest BCUT2D eigenvalue weighted by molar-refractivity contribution is 0.0511. The summed E-state index contributed by atoms with van der Waals surface area (Å²) in [5.41, 5.74) is 3.36. The van der Waals surface area contributed by atoms with Gasteiger partial charge in [-0.1, -0.05) is 12.1 Å². The van der Waals surface area contributed by atoms with Gasteiger partial charge in [-0.15, -0.1) is 0 Å². The molecule has 0 atom stereocenters. The van der Waals surface area contributed by atoms with E-state index in [2.05, 4.69) is 35.4 Å². The molecule has 1 saturated carbocycles. The summed E-state index contributed by atoms with van der Waals surface area (Å²) in [6.45, 7) is 7.77. The molecule has 0 radical (unpaired) electrons. The van der Waals surface area contributed by atoms with Gasteiger partial charge in [-0.3, -0.25) is 0 Å². The molecule has 1 saturated heterocycles. The highest BCUT2D eigenvalue weighted by atomic mass is 16.6. The van der Waals surface area contributed by atoms with Crippen LogP contribution < -0.4 is 14.8 Å². The van der Waals surface area contributed by atoms with Gasteiger partial charge >= 0.3 is 6.09 Å². The summed E-state index contributed by atoms with van der Waals surface area (Å²) in [7, 11) is 1.62. The molecule has 2 aromatic rings. The van der Waals surface area contributed by atoms with Gasteiger partial charge in [0.15, 0.2) is 11.6 Å². The number of ether oxygens (including phenoxy) is 4. The Balaban J connectivity index is 1.36. The molecule has 190 valence electrons. The highest BCUT2D eigenvalue weighted by Crippen LogP contribution is 2.37. The van der Waals surface area contributed by atoms with Gasteiger partial charge in [-0.25, -0.2) is 9.78 Å². The van der Waals surface area contributed by atoms with E-state index in [9.17, 15) is 4.79 Å². The van der Waals surface area contributed by atoms with Crippen molar-refractivity contribution in [2.24, 2.45) is 0 Å². The molecule has 0 bridgehead atoms. The summed E-state index contributed by atoms with van der Waals surface area (Å²) in [6, 6.07) is 8.20. The first-order chi connectivity index (χ1) is 16.9. The van der Waals surface area contributed by atoms with Crippen LogP contribution in [0.2, 0.25) is 0 Å². The largest absolute Gasteiger partial charge is 0.490 e. The zero-order valence-corrected chi connectivity index (χ0v) is 21.2. The Morgan fingerprint density at radius 1 is 1.14 bits per heavy atom. The Kier molecular flexibility index (Phi) is 8.33. The molecule has 1 amide bonds. The van der Waals surface area contributed by atoms with Crippen molar-refractivity contribution in [2.45, 2.75) is 71.2 Å². The van der Waals surface area contributed by atoms with Crippen molar-refractivity contribution in [1.82, 2.24) is 9.88 Å². The number of nitrogens with one attached hydrogen (secondary N) is 1. The normalized spacial score (nSPS) is 16.3. The molecule has 1 aromatic heterocycles. The van der Waals surface area contributed by atoms with Gasteiger partial charge in [0.05, 0.1) is 25.9 Å². The van der Waals surface area contributed by atoms with Gasteiger partial charge in [-0.05, 0) is 57.2 Å². The van der Waals surface area contributed by atoms with Gasteiger partial charge in [0.1, 0.15) is 6.10 Å². The van der Waals surface area contributed by atoms with Crippen LogP contribution in [0.15, 0.2) is 30.5 Å². The zero-order valence-electron chi connectivity index (χ0n) is 21.2. The van der Waals surface area contributed by atoms with Crippen LogP contribution in [0.3, 0.4) is 0 Å². The maximum Gasteiger partial charge on any atom is 0.410 e. The number of carbonyl (C=O) groups excluding carboxylic acids is 1. The van der Waals surface area contributed by atoms with Crippen molar-refractivity contribution in [1.29, 1.82) is 0 Å². The van der Waals surface area contributed by atoms with E-state index >= 15 is 0 Å². The molecule has 2 fully saturated rings. The number of piperidine rings is 1. The molecule has 1 aromatic carbocycles. The van der Waals surface area contributed by atoms with E-state index in [0.717, 1.165) is 37.1 Å². The molecule has 2 heterocycles. The summed E-state index contributed by atoms with van der Waals surface area (Å²) in [5.74, 6) is 1.81. The summed E-state index contributed by atoms with van der Waals surface area (Å²) in [4.78, 5) is 18.4. The smallest absolute Gasteiger partial charge is 0.410 e. The standard InChI is InChI=1S/C27H37N3O5/c1-18(2)34-27(31)30-14-10-22(11-15-30)35-24-9-13-28-26(25(24)32-4)29-23-8-5-20(17-19(23)3)12-16-33-21-6-7-21/h5,8-9,13,17-18,21-22H,6-7,10-12,14-16H2,1-4H3,(H,28,29). The van der Waals surface area contributed by atoms with E-state index in [1.165, 1.54) is 18.4 Å². The van der Waals surface area contributed by atoms with E-state index in [-0.39, 0.29) is 18.3 Å². The summed E-state index contributed by atoms with van der Waals surface area (Å²) >= 11 is 0. The Bertz CT molecular complexity index is 1000. The summed E-state index contributed by atoms with van der Waals surface area (Å²) in [6.07, 6.45) is 6.58. The molecular weight excluding hydrogens is 446 g/mol. The number of benzene rings is 1. The molecule has 1 aliphatic carbocycles. The predicted octanol–water partition coefficient (Wildman–Crippen LogP) is 5.25. The second kappa shape index (κ2) is 11.6. The third-order valence-corrected chi connectivity index (χ3v) is 6.22. The molecular formula is C27H37N3O5. The van der Waals surface area contributed by atoms with Gasteiger partial charge in [0.2, 0.25) is 5.75 Å². The second-order valence-electron chi connectivity index (χ2n) is 9.52. The third kappa shape index (κ3) is 7.01. The molecule has 8 nitrogen and oxygen atoms in total. The van der Waals surface area contributed by atoms with E-state index in [4.69, 9.17) is 18.9 Å². The van der Waals surface area contributed by atoms with Gasteiger partial charge in [0, 0.05) is 43.9 Å². The number of anilines is 2. The van der Waals surface area contributed by atoms with Crippen LogP contribution in [-0.4, -0.2) is 61.1 Å². The van der Waals surface area contributed by atoms with Crippen molar-refractivity contribution < 1.29 is 23.7 Å². The van der Waals surface area contributed by atoms with Crippen LogP contribution in [0.25, 0.3) is 0 Å². The molecule has 0 unspecified atom stereocenters. The van der Waals surface area contributed by atoms with E-state index in [0.29, 0.717) is 36.5 Å². The molecule has 4 rings (SSSR count). The lowest BCUT2D eigenvalue weighted by Crippen LogP contribution is -2.42. The number of carbonyl (C=O) groups is 1. The highest BCUT2D eigenvalue weighted by Gasteiger charge is 2.27. The maximum absolute atomic E-state index is 12.1. The van der Waals surface area contributed by atoms with Gasteiger partial charge in [-0.2, -0.15) is 0 Å². The molecule has 1 aliphatic heterocycles. The molecule has 2 aliphatic rings. The fraction of sp³-hybridized carbons (Fsp3) is 0.556. The molecule has 35 heavy (non-hydrogen) atoms. The number of methoxy groups -OCH3 is 1. The van der Waals surface area contributed by atoms with Crippen LogP contribution in [0.1, 0.15) is 50.7 Å². The van der Waals surface area contributed by atoms with Crippen molar-refractivity contribution in [3.8, 4) is 11.5 Å². The number of aromatic nitrogens is 1. The lowest BCUT2D eigenvalue weighted by atomic mass is 10.1. The topological polar surface area (TPSA) is 82.2 Å². The van der Waals surface area contributed by atoms with Crippen molar-refractivity contribution in [2.75, 3.05) is 32.1 Å². The number of hydrogen-bond acceptors (Lipinski definition) is 7. The quantitative estimate of drug-likeness (QED) is 0.494. The SMILES string of the molecule is COc1c(OC2CCN(C(=O)OC(C)C)CC2)ccnc1Nc1ccc(CCOC2CC2)cc1C. The third-order valence-electron chi connectivity index (χ3n) is 6.22. The monoisotopic (exact) mass is 483 g/mol. The van der Waals surface area contributed by atoms with Crippen LogP contribution in [0.4, 0.5) is 16.3 Å². The van der Waals surface area contributed by atoms with E-state index in [1.807, 2.05) is 19.9 Å². The van der Waals surface area contributed by atoms with Crippen molar-refractivity contribution in [3.05, 3.63) is 41.6 Å². The van der Waals surface area contributed by atoms with Gasteiger partial charge in [0.25, 0.3) is 0 Å². The van der Waals surface area contributed by atoms with Gasteiger partial charge < -0.3 is 29.2 Å². The Morgan fingerprint density at radius 3 is 2.57 bits per heavy atom. The molecule has 0 spiro atoms. The molecule has 8 heteroatoms. The number of likely N-dealkylation sites (tertiary alicyclic amines) is 1. The first-order valence-corrected chi connectivity index (χ1v) is 12.6.